The van der Waals surface area contributed by atoms with Gasteiger partial charge in [0.05, 0.1) is 0 Å². The molecule has 0 radical (unpaired) electrons. The number of carbonyl (C=O) groups is 2. The van der Waals surface area contributed by atoms with Crippen LogP contribution in [0, 0.1) is 0 Å². The molecule has 0 spiro atoms. The van der Waals surface area contributed by atoms with Crippen molar-refractivity contribution in [1.82, 2.24) is 10.2 Å². The zero-order chi connectivity index (χ0) is 14.4. The molecule has 1 aliphatic rings. The van der Waals surface area contributed by atoms with E-state index in [2.05, 4.69) is 5.32 Å². The summed E-state index contributed by atoms with van der Waals surface area (Å²) in [6, 6.07) is 9.55. The van der Waals surface area contributed by atoms with Crippen LogP contribution in [0.4, 0.5) is 0 Å². The molecule has 4 nitrogen and oxygen atoms in total. The van der Waals surface area contributed by atoms with Crippen LogP contribution in [0.2, 0.25) is 0 Å². The molecule has 1 aromatic rings. The molecule has 20 heavy (non-hydrogen) atoms. The standard InChI is InChI=1S/C16H20N2O2/c1-13(19)17-15(12-14-8-4-2-5-9-14)16(20)18-10-6-3-7-11-18/h2,4-5,8-9,12H,3,6-7,10-11H2,1H3,(H,17,19)/b15-12-. The number of hydrogen-bond donors (Lipinski definition) is 1. The van der Waals surface area contributed by atoms with E-state index >= 15 is 0 Å². The van der Waals surface area contributed by atoms with E-state index in [0.717, 1.165) is 31.5 Å². The van der Waals surface area contributed by atoms with Crippen LogP contribution in [0.15, 0.2) is 36.0 Å². The normalized spacial score (nSPS) is 15.8. The lowest BCUT2D eigenvalue weighted by Gasteiger charge is -2.27. The summed E-state index contributed by atoms with van der Waals surface area (Å²) in [5, 5.41) is 2.66. The van der Waals surface area contributed by atoms with Gasteiger partial charge in [-0.15, -0.1) is 0 Å². The van der Waals surface area contributed by atoms with Crippen molar-refractivity contribution >= 4 is 17.9 Å². The summed E-state index contributed by atoms with van der Waals surface area (Å²) < 4.78 is 0. The number of rotatable bonds is 3. The number of likely N-dealkylation sites (tertiary alicyclic amines) is 1. The summed E-state index contributed by atoms with van der Waals surface area (Å²) in [6.45, 7) is 2.96. The van der Waals surface area contributed by atoms with Crippen LogP contribution in [0.25, 0.3) is 6.08 Å². The topological polar surface area (TPSA) is 49.4 Å². The second-order valence-corrected chi connectivity index (χ2v) is 5.00. The molecular formula is C16H20N2O2. The lowest BCUT2D eigenvalue weighted by molar-refractivity contribution is -0.130. The van der Waals surface area contributed by atoms with Crippen molar-refractivity contribution in [3.8, 4) is 0 Å². The summed E-state index contributed by atoms with van der Waals surface area (Å²) in [5.41, 5.74) is 1.26. The molecule has 0 unspecified atom stereocenters. The molecule has 1 heterocycles. The van der Waals surface area contributed by atoms with Gasteiger partial charge in [0.2, 0.25) is 5.91 Å². The Kier molecular flexibility index (Phi) is 4.93. The van der Waals surface area contributed by atoms with Crippen molar-refractivity contribution in [2.45, 2.75) is 26.2 Å². The summed E-state index contributed by atoms with van der Waals surface area (Å²) in [4.78, 5) is 25.6. The molecule has 4 heteroatoms. The van der Waals surface area contributed by atoms with E-state index in [1.165, 1.54) is 13.3 Å². The summed E-state index contributed by atoms with van der Waals surface area (Å²) >= 11 is 0. The molecule has 0 aromatic heterocycles. The first-order valence-corrected chi connectivity index (χ1v) is 7.00. The molecule has 1 fully saturated rings. The predicted octanol–water partition coefficient (Wildman–Crippen LogP) is 2.18. The molecule has 0 aliphatic carbocycles. The van der Waals surface area contributed by atoms with Gasteiger partial charge in [0, 0.05) is 20.0 Å². The molecule has 1 aliphatic heterocycles. The number of amides is 2. The highest BCUT2D eigenvalue weighted by atomic mass is 16.2. The third-order valence-corrected chi connectivity index (χ3v) is 3.29. The summed E-state index contributed by atoms with van der Waals surface area (Å²) in [5.74, 6) is -0.318. The molecule has 0 bridgehead atoms. The van der Waals surface area contributed by atoms with Crippen LogP contribution in [0.5, 0.6) is 0 Å². The number of hydrogen-bond acceptors (Lipinski definition) is 2. The van der Waals surface area contributed by atoms with Crippen molar-refractivity contribution in [2.24, 2.45) is 0 Å². The lowest BCUT2D eigenvalue weighted by atomic mass is 10.1. The Morgan fingerprint density at radius 1 is 1.10 bits per heavy atom. The number of piperidine rings is 1. The van der Waals surface area contributed by atoms with Gasteiger partial charge in [-0.25, -0.2) is 0 Å². The molecule has 2 rings (SSSR count). The lowest BCUT2D eigenvalue weighted by Crippen LogP contribution is -2.40. The van der Waals surface area contributed by atoms with E-state index in [-0.39, 0.29) is 11.8 Å². The van der Waals surface area contributed by atoms with E-state index in [4.69, 9.17) is 0 Å². The van der Waals surface area contributed by atoms with Gasteiger partial charge in [-0.3, -0.25) is 9.59 Å². The van der Waals surface area contributed by atoms with E-state index in [9.17, 15) is 9.59 Å². The Bertz CT molecular complexity index is 502. The Hall–Kier alpha value is -2.10. The van der Waals surface area contributed by atoms with Crippen LogP contribution in [-0.2, 0) is 9.59 Å². The number of carbonyl (C=O) groups excluding carboxylic acids is 2. The van der Waals surface area contributed by atoms with Gasteiger partial charge in [-0.2, -0.15) is 0 Å². The van der Waals surface area contributed by atoms with Crippen LogP contribution >= 0.6 is 0 Å². The smallest absolute Gasteiger partial charge is 0.270 e. The zero-order valence-electron chi connectivity index (χ0n) is 11.8. The van der Waals surface area contributed by atoms with Gasteiger partial charge in [-0.05, 0) is 30.9 Å². The first-order valence-electron chi connectivity index (χ1n) is 7.00. The Balaban J connectivity index is 2.20. The average Bonchev–Trinajstić information content (AvgIpc) is 2.47. The Morgan fingerprint density at radius 3 is 2.35 bits per heavy atom. The second kappa shape index (κ2) is 6.89. The van der Waals surface area contributed by atoms with Crippen LogP contribution in [0.1, 0.15) is 31.7 Å². The van der Waals surface area contributed by atoms with Gasteiger partial charge in [-0.1, -0.05) is 30.3 Å². The molecular weight excluding hydrogens is 252 g/mol. The first-order chi connectivity index (χ1) is 9.66. The first kappa shape index (κ1) is 14.3. The maximum absolute atomic E-state index is 12.5. The van der Waals surface area contributed by atoms with Gasteiger partial charge in [0.25, 0.3) is 5.91 Å². The molecule has 2 amide bonds. The van der Waals surface area contributed by atoms with Crippen molar-refractivity contribution in [3.05, 3.63) is 41.6 Å². The SMILES string of the molecule is CC(=O)N/C(=C\c1ccccc1)C(=O)N1CCCCC1. The van der Waals surface area contributed by atoms with Crippen molar-refractivity contribution in [1.29, 1.82) is 0 Å². The quantitative estimate of drug-likeness (QED) is 0.857. The number of nitrogens with one attached hydrogen (secondary N) is 1. The largest absolute Gasteiger partial charge is 0.337 e. The van der Waals surface area contributed by atoms with Crippen LogP contribution in [0.3, 0.4) is 0 Å². The third-order valence-electron chi connectivity index (χ3n) is 3.29. The molecule has 106 valence electrons. The number of benzene rings is 1. The fourth-order valence-electron chi connectivity index (χ4n) is 2.32. The Labute approximate surface area is 119 Å². The summed E-state index contributed by atoms with van der Waals surface area (Å²) in [7, 11) is 0. The van der Waals surface area contributed by atoms with Gasteiger partial charge < -0.3 is 10.2 Å². The Morgan fingerprint density at radius 2 is 1.75 bits per heavy atom. The maximum atomic E-state index is 12.5. The fraction of sp³-hybridized carbons (Fsp3) is 0.375. The van der Waals surface area contributed by atoms with E-state index in [0.29, 0.717) is 5.70 Å². The van der Waals surface area contributed by atoms with Crippen LogP contribution < -0.4 is 5.32 Å². The molecule has 1 aromatic carbocycles. The minimum Gasteiger partial charge on any atom is -0.337 e. The monoisotopic (exact) mass is 272 g/mol. The van der Waals surface area contributed by atoms with E-state index in [1.54, 1.807) is 6.08 Å². The number of nitrogens with zero attached hydrogens (tertiary/aromatic N) is 1. The second-order valence-electron chi connectivity index (χ2n) is 5.00. The van der Waals surface area contributed by atoms with E-state index < -0.39 is 0 Å². The van der Waals surface area contributed by atoms with Gasteiger partial charge >= 0.3 is 0 Å². The maximum Gasteiger partial charge on any atom is 0.270 e. The molecule has 0 atom stereocenters. The molecule has 1 N–H and O–H groups in total. The highest BCUT2D eigenvalue weighted by Crippen LogP contribution is 2.13. The molecule has 0 saturated carbocycles. The van der Waals surface area contributed by atoms with Crippen molar-refractivity contribution < 1.29 is 9.59 Å². The highest BCUT2D eigenvalue weighted by Gasteiger charge is 2.20. The average molecular weight is 272 g/mol. The third kappa shape index (κ3) is 3.95. The van der Waals surface area contributed by atoms with E-state index in [1.807, 2.05) is 35.2 Å². The predicted molar refractivity (Wildman–Crippen MR) is 78.7 cm³/mol. The molecule has 1 saturated heterocycles. The van der Waals surface area contributed by atoms with Crippen LogP contribution in [-0.4, -0.2) is 29.8 Å². The highest BCUT2D eigenvalue weighted by molar-refractivity contribution is 6.00. The van der Waals surface area contributed by atoms with Crippen molar-refractivity contribution in [2.75, 3.05) is 13.1 Å². The van der Waals surface area contributed by atoms with Crippen molar-refractivity contribution in [3.63, 3.8) is 0 Å². The zero-order valence-corrected chi connectivity index (χ0v) is 11.8. The van der Waals surface area contributed by atoms with Gasteiger partial charge in [0.1, 0.15) is 5.70 Å². The summed E-state index contributed by atoms with van der Waals surface area (Å²) in [6.07, 6.45) is 4.97. The minimum absolute atomic E-state index is 0.0937. The fourth-order valence-corrected chi connectivity index (χ4v) is 2.32. The minimum atomic E-state index is -0.224. The van der Waals surface area contributed by atoms with Gasteiger partial charge in [0.15, 0.2) is 0 Å².